The Morgan fingerprint density at radius 2 is 1.65 bits per heavy atom. The molecule has 1 N–H and O–H groups in total. The highest BCUT2D eigenvalue weighted by molar-refractivity contribution is 6.39. The first kappa shape index (κ1) is 25.5. The molecule has 4 saturated carbocycles. The van der Waals surface area contributed by atoms with Crippen LogP contribution >= 0.6 is 23.2 Å². The highest BCUT2D eigenvalue weighted by Crippen LogP contribution is 2.58. The summed E-state index contributed by atoms with van der Waals surface area (Å²) in [6.07, 6.45) is 12.7. The molecule has 2 bridgehead atoms. The molecule has 9 heteroatoms. The average molecular weight is 576 g/mol. The molecule has 0 amide bonds. The zero-order valence-electron chi connectivity index (χ0n) is 21.7. The van der Waals surface area contributed by atoms with Gasteiger partial charge in [0.25, 0.3) is 0 Å². The number of carboxylic acids is 1. The maximum Gasteiger partial charge on any atom is 0.335 e. The molecule has 4 aliphatic carbocycles. The minimum Gasteiger partial charge on any atom is -0.478 e. The fourth-order valence-corrected chi connectivity index (χ4v) is 6.98. The van der Waals surface area contributed by atoms with E-state index in [1.807, 2.05) is 18.2 Å². The second-order valence-corrected chi connectivity index (χ2v) is 12.3. The maximum atomic E-state index is 11.4. The number of halogens is 2. The average Bonchev–Trinajstić information content (AvgIpc) is 3.53. The van der Waals surface area contributed by atoms with Crippen molar-refractivity contribution in [3.8, 4) is 22.6 Å². The number of nitrogens with zero attached hydrogens (tertiary/aromatic N) is 3. The summed E-state index contributed by atoms with van der Waals surface area (Å²) < 4.78 is 11.6. The SMILES string of the molecule is O=C(O)c1cccc(-c2noc(C34CCC(/C=C/c5c(-c6c(Cl)cccc6Cl)noc5C5CC5)(CC3)CC4)n2)c1. The third-order valence-electron chi connectivity index (χ3n) is 9.06. The Bertz CT molecular complexity index is 1610. The summed E-state index contributed by atoms with van der Waals surface area (Å²) in [5.74, 6) is 1.43. The largest absolute Gasteiger partial charge is 0.478 e. The van der Waals surface area contributed by atoms with Gasteiger partial charge in [0.2, 0.25) is 11.7 Å². The van der Waals surface area contributed by atoms with E-state index in [9.17, 15) is 9.90 Å². The van der Waals surface area contributed by atoms with E-state index in [0.717, 1.165) is 62.7 Å². The summed E-state index contributed by atoms with van der Waals surface area (Å²) in [4.78, 5) is 16.1. The van der Waals surface area contributed by atoms with Gasteiger partial charge < -0.3 is 14.2 Å². The summed E-state index contributed by atoms with van der Waals surface area (Å²) in [7, 11) is 0. The van der Waals surface area contributed by atoms with Crippen molar-refractivity contribution < 1.29 is 18.9 Å². The van der Waals surface area contributed by atoms with Crippen LogP contribution in [0, 0.1) is 5.41 Å². The number of hydrogen-bond donors (Lipinski definition) is 1. The Balaban J connectivity index is 1.13. The number of rotatable bonds is 7. The normalized spacial score (nSPS) is 24.1. The van der Waals surface area contributed by atoms with E-state index in [1.165, 1.54) is 0 Å². The highest BCUT2D eigenvalue weighted by atomic mass is 35.5. The monoisotopic (exact) mass is 575 g/mol. The predicted octanol–water partition coefficient (Wildman–Crippen LogP) is 8.58. The van der Waals surface area contributed by atoms with Crippen LogP contribution in [0.4, 0.5) is 0 Å². The van der Waals surface area contributed by atoms with Crippen molar-refractivity contribution in [3.63, 3.8) is 0 Å². The summed E-state index contributed by atoms with van der Waals surface area (Å²) in [5, 5.41) is 19.1. The van der Waals surface area contributed by atoms with Crippen LogP contribution in [0.25, 0.3) is 28.7 Å². The molecule has 2 heterocycles. The number of fused-ring (bicyclic) bond motifs is 3. The van der Waals surface area contributed by atoms with Crippen LogP contribution < -0.4 is 0 Å². The molecule has 4 fully saturated rings. The van der Waals surface area contributed by atoms with E-state index in [-0.39, 0.29) is 16.4 Å². The molecule has 204 valence electrons. The first-order valence-electron chi connectivity index (χ1n) is 13.7. The lowest BCUT2D eigenvalue weighted by atomic mass is 9.53. The summed E-state index contributed by atoms with van der Waals surface area (Å²) >= 11 is 13.1. The van der Waals surface area contributed by atoms with E-state index in [2.05, 4.69) is 22.5 Å². The molecule has 0 radical (unpaired) electrons. The van der Waals surface area contributed by atoms with Crippen LogP contribution in [-0.2, 0) is 5.41 Å². The number of carbonyl (C=O) groups is 1. The lowest BCUT2D eigenvalue weighted by Gasteiger charge is -2.50. The second kappa shape index (κ2) is 9.60. The van der Waals surface area contributed by atoms with Gasteiger partial charge in [-0.25, -0.2) is 4.79 Å². The first-order chi connectivity index (χ1) is 19.4. The first-order valence-corrected chi connectivity index (χ1v) is 14.4. The Kier molecular flexibility index (Phi) is 6.13. The van der Waals surface area contributed by atoms with Crippen molar-refractivity contribution in [1.29, 1.82) is 0 Å². The van der Waals surface area contributed by atoms with E-state index in [1.54, 1.807) is 24.3 Å². The summed E-state index contributed by atoms with van der Waals surface area (Å²) in [6.45, 7) is 0. The number of carboxylic acid groups (broad SMARTS) is 1. The van der Waals surface area contributed by atoms with E-state index in [4.69, 9.17) is 37.2 Å². The number of allylic oxidation sites excluding steroid dienone is 1. The standard InChI is InChI=1S/C31H27Cl2N3O4/c32-22-5-2-6-23(33)24(22)25-21(26(39-35-25)18-7-8-18)9-10-30-11-14-31(15-12-30,16-13-30)29-34-27(36-40-29)19-3-1-4-20(17-19)28(37)38/h1-6,9-10,17-18H,7-8,11-16H2,(H,37,38)/b10-9+. The summed E-state index contributed by atoms with van der Waals surface area (Å²) in [6, 6.07) is 12.1. The number of aromatic carboxylic acids is 1. The molecule has 0 atom stereocenters. The zero-order valence-corrected chi connectivity index (χ0v) is 23.2. The van der Waals surface area contributed by atoms with Gasteiger partial charge in [-0.2, -0.15) is 4.98 Å². The highest BCUT2D eigenvalue weighted by Gasteiger charge is 2.51. The Labute approximate surface area is 241 Å². The molecule has 2 aromatic carbocycles. The van der Waals surface area contributed by atoms with Gasteiger partial charge in [-0.3, -0.25) is 0 Å². The molecule has 0 saturated heterocycles. The van der Waals surface area contributed by atoms with Crippen molar-refractivity contribution in [2.45, 2.75) is 62.7 Å². The van der Waals surface area contributed by atoms with Gasteiger partial charge in [-0.1, -0.05) is 63.9 Å². The smallest absolute Gasteiger partial charge is 0.335 e. The van der Waals surface area contributed by atoms with Gasteiger partial charge in [0.05, 0.1) is 15.6 Å². The molecule has 0 unspecified atom stereocenters. The number of aromatic nitrogens is 3. The fraction of sp³-hybridized carbons (Fsp3) is 0.355. The Hall–Kier alpha value is -3.42. The van der Waals surface area contributed by atoms with Crippen molar-refractivity contribution in [3.05, 3.63) is 81.4 Å². The van der Waals surface area contributed by atoms with Crippen LogP contribution in [0.1, 0.15) is 84.9 Å². The predicted molar refractivity (Wildman–Crippen MR) is 151 cm³/mol. The lowest BCUT2D eigenvalue weighted by molar-refractivity contribution is 0.0569. The molecular formula is C31H27Cl2N3O4. The van der Waals surface area contributed by atoms with Crippen molar-refractivity contribution in [1.82, 2.24) is 15.3 Å². The topological polar surface area (TPSA) is 102 Å². The molecule has 2 aromatic heterocycles. The Morgan fingerprint density at radius 3 is 2.33 bits per heavy atom. The van der Waals surface area contributed by atoms with Crippen LogP contribution in [0.15, 0.2) is 57.6 Å². The molecule has 0 spiro atoms. The van der Waals surface area contributed by atoms with Gasteiger partial charge in [-0.05, 0) is 81.0 Å². The zero-order chi connectivity index (χ0) is 27.5. The van der Waals surface area contributed by atoms with Gasteiger partial charge in [-0.15, -0.1) is 0 Å². The molecule has 40 heavy (non-hydrogen) atoms. The molecule has 8 rings (SSSR count). The maximum absolute atomic E-state index is 11.4. The van der Waals surface area contributed by atoms with E-state index >= 15 is 0 Å². The van der Waals surface area contributed by atoms with Crippen LogP contribution in [-0.4, -0.2) is 26.4 Å². The quantitative estimate of drug-likeness (QED) is 0.235. The fourth-order valence-electron chi connectivity index (χ4n) is 6.41. The second-order valence-electron chi connectivity index (χ2n) is 11.5. The van der Waals surface area contributed by atoms with E-state index < -0.39 is 5.97 Å². The van der Waals surface area contributed by atoms with Crippen molar-refractivity contribution in [2.75, 3.05) is 0 Å². The summed E-state index contributed by atoms with van der Waals surface area (Å²) in [5.41, 5.74) is 3.19. The molecule has 0 aliphatic heterocycles. The third-order valence-corrected chi connectivity index (χ3v) is 9.69. The molecule has 7 nitrogen and oxygen atoms in total. The van der Waals surface area contributed by atoms with Gasteiger partial charge in [0.15, 0.2) is 0 Å². The molecular weight excluding hydrogens is 549 g/mol. The van der Waals surface area contributed by atoms with Gasteiger partial charge in [0, 0.05) is 28.0 Å². The molecule has 4 aromatic rings. The van der Waals surface area contributed by atoms with Crippen LogP contribution in [0.5, 0.6) is 0 Å². The van der Waals surface area contributed by atoms with Gasteiger partial charge >= 0.3 is 5.97 Å². The minimum absolute atomic E-state index is 0.0834. The number of hydrogen-bond acceptors (Lipinski definition) is 6. The van der Waals surface area contributed by atoms with Gasteiger partial charge in [0.1, 0.15) is 11.5 Å². The number of benzene rings is 2. The van der Waals surface area contributed by atoms with Crippen molar-refractivity contribution in [2.24, 2.45) is 5.41 Å². The lowest BCUT2D eigenvalue weighted by Crippen LogP contribution is -2.43. The van der Waals surface area contributed by atoms with Crippen molar-refractivity contribution >= 4 is 35.2 Å². The third kappa shape index (κ3) is 4.36. The van der Waals surface area contributed by atoms with E-state index in [0.29, 0.717) is 44.5 Å². The minimum atomic E-state index is -0.981. The van der Waals surface area contributed by atoms with Crippen LogP contribution in [0.3, 0.4) is 0 Å². The Morgan fingerprint density at radius 1 is 0.950 bits per heavy atom. The molecule has 4 aliphatic rings. The van der Waals surface area contributed by atoms with Crippen LogP contribution in [0.2, 0.25) is 10.0 Å².